The second-order valence-corrected chi connectivity index (χ2v) is 8.81. The number of amides is 1. The molecule has 0 spiro atoms. The first kappa shape index (κ1) is 22.6. The smallest absolute Gasteiger partial charge is 0.245 e. The van der Waals surface area contributed by atoms with Crippen LogP contribution in [-0.4, -0.2) is 43.6 Å². The maximum absolute atomic E-state index is 12.0. The molecule has 0 saturated heterocycles. The van der Waals surface area contributed by atoms with Gasteiger partial charge in [-0.3, -0.25) is 4.79 Å². The van der Waals surface area contributed by atoms with Gasteiger partial charge in [0.15, 0.2) is 5.65 Å². The van der Waals surface area contributed by atoms with E-state index >= 15 is 0 Å². The molecular formula is C27H28N6O2. The number of hydrogen-bond donors (Lipinski definition) is 1. The molecular weight excluding hydrogens is 440 g/mol. The lowest BCUT2D eigenvalue weighted by Gasteiger charge is -2.34. The lowest BCUT2D eigenvalue weighted by Crippen LogP contribution is -2.39. The van der Waals surface area contributed by atoms with Gasteiger partial charge in [0, 0.05) is 18.7 Å². The van der Waals surface area contributed by atoms with Gasteiger partial charge in [-0.25, -0.2) is 14.6 Å². The van der Waals surface area contributed by atoms with Gasteiger partial charge >= 0.3 is 0 Å². The van der Waals surface area contributed by atoms with Gasteiger partial charge in [-0.05, 0) is 68.2 Å². The van der Waals surface area contributed by atoms with E-state index in [2.05, 4.69) is 16.5 Å². The van der Waals surface area contributed by atoms with E-state index in [-0.39, 0.29) is 18.0 Å². The number of nitrogens with zero attached hydrogens (tertiary/aromatic N) is 5. The average Bonchev–Trinajstić information content (AvgIpc) is 3.30. The minimum Gasteiger partial charge on any atom is -0.457 e. The number of carbonyl (C=O) groups is 1. The molecule has 5 rings (SSSR count). The summed E-state index contributed by atoms with van der Waals surface area (Å²) in [6.45, 7) is 3.60. The Balaban J connectivity index is 1.42. The third-order valence-corrected chi connectivity index (χ3v) is 6.71. The molecule has 8 nitrogen and oxygen atoms in total. The highest BCUT2D eigenvalue weighted by atomic mass is 16.5. The van der Waals surface area contributed by atoms with Crippen molar-refractivity contribution < 1.29 is 9.53 Å². The molecule has 1 fully saturated rings. The van der Waals surface area contributed by atoms with E-state index in [1.807, 2.05) is 66.3 Å². The van der Waals surface area contributed by atoms with E-state index in [9.17, 15) is 4.79 Å². The molecule has 35 heavy (non-hydrogen) atoms. The van der Waals surface area contributed by atoms with Crippen LogP contribution in [-0.2, 0) is 4.79 Å². The molecule has 2 aromatic heterocycles. The van der Waals surface area contributed by atoms with Crippen LogP contribution in [0.4, 0.5) is 5.82 Å². The summed E-state index contributed by atoms with van der Waals surface area (Å²) in [6, 6.07) is 17.8. The SMILES string of the molecule is C=CC(=O)N(C)C1CCC(n2nc(-c3ccc(Oc4ccccc4)cc3)c3c(N)ncnc32)CC1. The number of hydrogen-bond acceptors (Lipinski definition) is 6. The van der Waals surface area contributed by atoms with Crippen LogP contribution in [0, 0.1) is 0 Å². The molecule has 178 valence electrons. The zero-order chi connectivity index (χ0) is 24.4. The summed E-state index contributed by atoms with van der Waals surface area (Å²) in [7, 11) is 1.84. The van der Waals surface area contributed by atoms with Crippen LogP contribution in [0.1, 0.15) is 31.7 Å². The summed E-state index contributed by atoms with van der Waals surface area (Å²) >= 11 is 0. The molecule has 0 unspecified atom stereocenters. The number of anilines is 1. The van der Waals surface area contributed by atoms with Gasteiger partial charge in [0.05, 0.1) is 11.4 Å². The zero-order valence-electron chi connectivity index (χ0n) is 19.7. The standard InChI is InChI=1S/C27H28N6O2/c1-3-23(34)32(2)19-11-13-20(14-12-19)33-27-24(26(28)29-17-30-27)25(31-33)18-9-15-22(16-10-18)35-21-7-5-4-6-8-21/h3-10,15-17,19-20H,1,11-14H2,2H3,(H2,28,29,30). The van der Waals surface area contributed by atoms with Crippen molar-refractivity contribution in [1.82, 2.24) is 24.6 Å². The van der Waals surface area contributed by atoms with Gasteiger partial charge in [0.25, 0.3) is 0 Å². The number of carbonyl (C=O) groups excluding carboxylic acids is 1. The molecule has 1 amide bonds. The molecule has 4 aromatic rings. The highest BCUT2D eigenvalue weighted by Gasteiger charge is 2.29. The summed E-state index contributed by atoms with van der Waals surface area (Å²) in [5, 5.41) is 5.73. The largest absolute Gasteiger partial charge is 0.457 e. The predicted octanol–water partition coefficient (Wildman–Crippen LogP) is 5.00. The molecule has 0 bridgehead atoms. The maximum atomic E-state index is 12.0. The first-order valence-electron chi connectivity index (χ1n) is 11.8. The van der Waals surface area contributed by atoms with E-state index in [0.29, 0.717) is 5.82 Å². The summed E-state index contributed by atoms with van der Waals surface area (Å²) in [4.78, 5) is 22.6. The average molecular weight is 469 g/mol. The van der Waals surface area contributed by atoms with Crippen molar-refractivity contribution >= 4 is 22.8 Å². The van der Waals surface area contributed by atoms with Crippen molar-refractivity contribution in [2.24, 2.45) is 0 Å². The number of aromatic nitrogens is 4. The highest BCUT2D eigenvalue weighted by Crippen LogP contribution is 2.37. The summed E-state index contributed by atoms with van der Waals surface area (Å²) in [5.41, 5.74) is 8.70. The van der Waals surface area contributed by atoms with Crippen molar-refractivity contribution in [2.45, 2.75) is 37.8 Å². The Morgan fingerprint density at radius 3 is 2.43 bits per heavy atom. The molecule has 2 heterocycles. The molecule has 1 saturated carbocycles. The Labute approximate surface area is 204 Å². The fraction of sp³-hybridized carbons (Fsp3) is 0.259. The Hall–Kier alpha value is -4.20. The number of rotatable bonds is 6. The number of benzene rings is 2. The van der Waals surface area contributed by atoms with E-state index in [0.717, 1.165) is 59.5 Å². The van der Waals surface area contributed by atoms with Crippen LogP contribution >= 0.6 is 0 Å². The van der Waals surface area contributed by atoms with E-state index in [1.165, 1.54) is 12.4 Å². The quantitative estimate of drug-likeness (QED) is 0.400. The zero-order valence-corrected chi connectivity index (χ0v) is 19.7. The number of fused-ring (bicyclic) bond motifs is 1. The van der Waals surface area contributed by atoms with Crippen molar-refractivity contribution in [2.75, 3.05) is 12.8 Å². The molecule has 0 atom stereocenters. The van der Waals surface area contributed by atoms with Gasteiger partial charge in [-0.2, -0.15) is 5.10 Å². The lowest BCUT2D eigenvalue weighted by molar-refractivity contribution is -0.127. The highest BCUT2D eigenvalue weighted by molar-refractivity contribution is 5.98. The third-order valence-electron chi connectivity index (χ3n) is 6.71. The van der Waals surface area contributed by atoms with E-state index in [1.54, 1.807) is 4.90 Å². The minimum absolute atomic E-state index is 0.0412. The number of likely N-dealkylation sites (N-methyl/N-ethyl adjacent to an activating group) is 1. The summed E-state index contributed by atoms with van der Waals surface area (Å²) < 4.78 is 7.91. The van der Waals surface area contributed by atoms with Crippen LogP contribution in [0.25, 0.3) is 22.3 Å². The topological polar surface area (TPSA) is 99.2 Å². The van der Waals surface area contributed by atoms with Crippen molar-refractivity contribution in [3.05, 3.63) is 73.6 Å². The molecule has 1 aliphatic carbocycles. The first-order valence-corrected chi connectivity index (χ1v) is 11.8. The number of nitrogens with two attached hydrogens (primary N) is 1. The third kappa shape index (κ3) is 4.47. The van der Waals surface area contributed by atoms with Gasteiger partial charge in [0.1, 0.15) is 29.3 Å². The van der Waals surface area contributed by atoms with Gasteiger partial charge in [-0.15, -0.1) is 0 Å². The Morgan fingerprint density at radius 2 is 1.74 bits per heavy atom. The minimum atomic E-state index is -0.0412. The second-order valence-electron chi connectivity index (χ2n) is 8.81. The Kier molecular flexibility index (Phi) is 6.18. The number of ether oxygens (including phenoxy) is 1. The van der Waals surface area contributed by atoms with Crippen LogP contribution in [0.15, 0.2) is 73.6 Å². The summed E-state index contributed by atoms with van der Waals surface area (Å²) in [5.74, 6) is 1.89. The van der Waals surface area contributed by atoms with Crippen LogP contribution < -0.4 is 10.5 Å². The molecule has 2 N–H and O–H groups in total. The number of para-hydroxylation sites is 1. The first-order chi connectivity index (χ1) is 17.0. The van der Waals surface area contributed by atoms with E-state index < -0.39 is 0 Å². The molecule has 2 aromatic carbocycles. The normalized spacial score (nSPS) is 17.7. The van der Waals surface area contributed by atoms with E-state index in [4.69, 9.17) is 15.6 Å². The van der Waals surface area contributed by atoms with Crippen LogP contribution in [0.2, 0.25) is 0 Å². The van der Waals surface area contributed by atoms with Crippen molar-refractivity contribution in [3.8, 4) is 22.8 Å². The van der Waals surface area contributed by atoms with Crippen molar-refractivity contribution in [3.63, 3.8) is 0 Å². The monoisotopic (exact) mass is 468 g/mol. The van der Waals surface area contributed by atoms with Gasteiger partial charge in [0.2, 0.25) is 5.91 Å². The lowest BCUT2D eigenvalue weighted by atomic mass is 9.90. The molecule has 1 aliphatic rings. The summed E-state index contributed by atoms with van der Waals surface area (Å²) in [6.07, 6.45) is 6.42. The van der Waals surface area contributed by atoms with Gasteiger partial charge in [-0.1, -0.05) is 24.8 Å². The predicted molar refractivity (Wildman–Crippen MR) is 136 cm³/mol. The fourth-order valence-electron chi connectivity index (χ4n) is 4.77. The second kappa shape index (κ2) is 9.58. The Morgan fingerprint density at radius 1 is 1.06 bits per heavy atom. The molecule has 0 radical (unpaired) electrons. The fourth-order valence-corrected chi connectivity index (χ4v) is 4.77. The number of nitrogen functional groups attached to an aromatic ring is 1. The van der Waals surface area contributed by atoms with Crippen molar-refractivity contribution in [1.29, 1.82) is 0 Å². The van der Waals surface area contributed by atoms with Crippen LogP contribution in [0.5, 0.6) is 11.5 Å². The van der Waals surface area contributed by atoms with Gasteiger partial charge < -0.3 is 15.4 Å². The maximum Gasteiger partial charge on any atom is 0.245 e. The molecule has 0 aliphatic heterocycles. The van der Waals surface area contributed by atoms with Crippen LogP contribution in [0.3, 0.4) is 0 Å². The molecule has 8 heteroatoms. The Bertz CT molecular complexity index is 1340.